The summed E-state index contributed by atoms with van der Waals surface area (Å²) in [5, 5.41) is 11.0. The van der Waals surface area contributed by atoms with Gasteiger partial charge in [-0.3, -0.25) is 4.79 Å². The second kappa shape index (κ2) is 13.2. The molecule has 0 aromatic heterocycles. The van der Waals surface area contributed by atoms with Crippen molar-refractivity contribution in [1.29, 1.82) is 0 Å². The summed E-state index contributed by atoms with van der Waals surface area (Å²) in [6.45, 7) is 6.88. The molecule has 0 aromatic rings. The van der Waals surface area contributed by atoms with Gasteiger partial charge in [0.05, 0.1) is 12.7 Å². The highest BCUT2D eigenvalue weighted by atomic mass is 16.6. The highest BCUT2D eigenvalue weighted by Crippen LogP contribution is 2.62. The molecule has 5 heteroatoms. The number of rotatable bonds is 12. The summed E-state index contributed by atoms with van der Waals surface area (Å²) in [6.07, 6.45) is 19.6. The minimum absolute atomic E-state index is 0.0730. The number of ether oxygens (including phenoxy) is 1. The fourth-order valence-corrected chi connectivity index (χ4v) is 8.09. The first-order chi connectivity index (χ1) is 18.2. The van der Waals surface area contributed by atoms with Crippen LogP contribution in [0.2, 0.25) is 0 Å². The van der Waals surface area contributed by atoms with Crippen LogP contribution in [0.5, 0.6) is 0 Å². The van der Waals surface area contributed by atoms with E-state index in [4.69, 9.17) is 4.74 Å². The summed E-state index contributed by atoms with van der Waals surface area (Å²) in [6, 6.07) is 0.170. The number of aliphatic hydroxyl groups excluding tert-OH is 1. The van der Waals surface area contributed by atoms with Gasteiger partial charge < -0.3 is 14.7 Å². The highest BCUT2D eigenvalue weighted by molar-refractivity contribution is 5.93. The Balaban J connectivity index is 1.20. The van der Waals surface area contributed by atoms with Gasteiger partial charge in [0.15, 0.2) is 5.78 Å². The van der Waals surface area contributed by atoms with Gasteiger partial charge >= 0.3 is 6.09 Å². The van der Waals surface area contributed by atoms with Crippen LogP contribution in [0.25, 0.3) is 0 Å². The fraction of sp³-hybridized carbons (Fsp3) is 0.818. The van der Waals surface area contributed by atoms with E-state index >= 15 is 0 Å². The number of carbonyl (C=O) groups excluding carboxylic acids is 2. The van der Waals surface area contributed by atoms with Crippen LogP contribution in [0.3, 0.4) is 0 Å². The van der Waals surface area contributed by atoms with E-state index < -0.39 is 0 Å². The predicted octanol–water partition coefficient (Wildman–Crippen LogP) is 7.77. The topological polar surface area (TPSA) is 66.8 Å². The summed E-state index contributed by atoms with van der Waals surface area (Å²) in [5.74, 6) is 2.14. The van der Waals surface area contributed by atoms with Gasteiger partial charge in [-0.1, -0.05) is 57.4 Å². The third-order valence-electron chi connectivity index (χ3n) is 10.5. The zero-order chi connectivity index (χ0) is 27.3. The standard InChI is InChI=1S/C33H53NO4/c1-23(2)34(4)32(37)38-20-12-10-8-6-5-7-9-11-13-25-22-33(3)29(18-19-30(33)36)28-16-14-24-21-26(35)15-17-27(24)31(25)28/h21,23,25,28-30,36H,5-20,22H2,1-4H3/t25-,28-,29-,30-,33-/m0/s1. The first-order valence-corrected chi connectivity index (χ1v) is 15.8. The molecule has 0 heterocycles. The second-order valence-electron chi connectivity index (χ2n) is 13.3. The molecule has 4 aliphatic rings. The maximum atomic E-state index is 12.1. The summed E-state index contributed by atoms with van der Waals surface area (Å²) in [7, 11) is 1.79. The van der Waals surface area contributed by atoms with Crippen molar-refractivity contribution in [3.8, 4) is 0 Å². The quantitative estimate of drug-likeness (QED) is 0.263. The molecule has 0 saturated heterocycles. The summed E-state index contributed by atoms with van der Waals surface area (Å²) in [5.41, 5.74) is 4.69. The molecule has 0 aliphatic heterocycles. The van der Waals surface area contributed by atoms with Crippen LogP contribution in [0.1, 0.15) is 124 Å². The van der Waals surface area contributed by atoms with Crippen LogP contribution in [0.15, 0.2) is 22.8 Å². The highest BCUT2D eigenvalue weighted by Gasteiger charge is 2.55. The Hall–Kier alpha value is -1.62. The van der Waals surface area contributed by atoms with Gasteiger partial charge in [0, 0.05) is 19.5 Å². The molecule has 2 fully saturated rings. The molecule has 0 radical (unpaired) electrons. The van der Waals surface area contributed by atoms with Gasteiger partial charge in [-0.2, -0.15) is 0 Å². The Labute approximate surface area is 231 Å². The number of unbranched alkanes of at least 4 members (excludes halogenated alkanes) is 7. The van der Waals surface area contributed by atoms with Crippen molar-refractivity contribution >= 4 is 11.9 Å². The SMILES string of the molecule is CC(C)N(C)C(=O)OCCCCCCCCCC[C@H]1C[C@]2(C)[C@@H](O)CC[C@H]2[C@@H]2CCC3=CC(=O)CCC3=C12. The number of carbonyl (C=O) groups is 2. The lowest BCUT2D eigenvalue weighted by atomic mass is 9.53. The van der Waals surface area contributed by atoms with E-state index in [2.05, 4.69) is 6.92 Å². The van der Waals surface area contributed by atoms with Crippen LogP contribution in [0, 0.1) is 23.2 Å². The van der Waals surface area contributed by atoms with E-state index in [0.717, 1.165) is 38.5 Å². The van der Waals surface area contributed by atoms with Crippen molar-refractivity contribution in [2.24, 2.45) is 23.2 Å². The van der Waals surface area contributed by atoms with E-state index in [1.807, 2.05) is 19.9 Å². The first kappa shape index (κ1) is 29.4. The van der Waals surface area contributed by atoms with Crippen LogP contribution >= 0.6 is 0 Å². The number of ketones is 1. The molecule has 5 atom stereocenters. The average Bonchev–Trinajstić information content (AvgIpc) is 3.19. The molecule has 0 bridgehead atoms. The van der Waals surface area contributed by atoms with Crippen LogP contribution < -0.4 is 0 Å². The molecule has 4 aliphatic carbocycles. The molecule has 38 heavy (non-hydrogen) atoms. The Morgan fingerprint density at radius 1 is 1.03 bits per heavy atom. The van der Waals surface area contributed by atoms with Gasteiger partial charge in [0.25, 0.3) is 0 Å². The van der Waals surface area contributed by atoms with Crippen molar-refractivity contribution in [2.45, 2.75) is 136 Å². The van der Waals surface area contributed by atoms with Crippen molar-refractivity contribution in [2.75, 3.05) is 13.7 Å². The van der Waals surface area contributed by atoms with E-state index in [0.29, 0.717) is 36.6 Å². The van der Waals surface area contributed by atoms with Gasteiger partial charge in [0.1, 0.15) is 0 Å². The van der Waals surface area contributed by atoms with Crippen molar-refractivity contribution in [3.05, 3.63) is 22.8 Å². The van der Waals surface area contributed by atoms with E-state index in [9.17, 15) is 14.7 Å². The number of aliphatic hydroxyl groups is 1. The molecule has 0 aromatic carbocycles. The molecule has 2 saturated carbocycles. The third-order valence-corrected chi connectivity index (χ3v) is 10.5. The molecule has 1 amide bonds. The molecule has 5 nitrogen and oxygen atoms in total. The lowest BCUT2D eigenvalue weighted by Gasteiger charge is -2.52. The molecule has 214 valence electrons. The zero-order valence-electron chi connectivity index (χ0n) is 24.6. The van der Waals surface area contributed by atoms with Crippen molar-refractivity contribution in [1.82, 2.24) is 4.90 Å². The zero-order valence-corrected chi connectivity index (χ0v) is 24.6. The van der Waals surface area contributed by atoms with Crippen molar-refractivity contribution in [3.63, 3.8) is 0 Å². The minimum Gasteiger partial charge on any atom is -0.449 e. The molecule has 0 unspecified atom stereocenters. The number of nitrogens with zero attached hydrogens (tertiary/aromatic N) is 1. The lowest BCUT2D eigenvalue weighted by molar-refractivity contribution is -0.114. The summed E-state index contributed by atoms with van der Waals surface area (Å²) < 4.78 is 5.35. The Bertz CT molecular complexity index is 905. The van der Waals surface area contributed by atoms with Crippen LogP contribution in [0.4, 0.5) is 4.79 Å². The summed E-state index contributed by atoms with van der Waals surface area (Å²) >= 11 is 0. The Kier molecular flexibility index (Phi) is 10.2. The maximum absolute atomic E-state index is 12.1. The number of allylic oxidation sites excluding steroid dienone is 4. The third kappa shape index (κ3) is 6.57. The van der Waals surface area contributed by atoms with Crippen LogP contribution in [-0.2, 0) is 9.53 Å². The van der Waals surface area contributed by atoms with Gasteiger partial charge in [-0.05, 0) is 106 Å². The monoisotopic (exact) mass is 527 g/mol. The normalized spacial score (nSPS) is 30.6. The van der Waals surface area contributed by atoms with Gasteiger partial charge in [-0.25, -0.2) is 4.79 Å². The Morgan fingerprint density at radius 2 is 1.71 bits per heavy atom. The molecular formula is C33H53NO4. The largest absolute Gasteiger partial charge is 0.449 e. The van der Waals surface area contributed by atoms with E-state index in [-0.39, 0.29) is 23.7 Å². The molecule has 1 N–H and O–H groups in total. The number of amides is 1. The number of hydrogen-bond donors (Lipinski definition) is 1. The minimum atomic E-state index is -0.217. The summed E-state index contributed by atoms with van der Waals surface area (Å²) in [4.78, 5) is 25.6. The predicted molar refractivity (Wildman–Crippen MR) is 153 cm³/mol. The molecular weight excluding hydrogens is 474 g/mol. The fourth-order valence-electron chi connectivity index (χ4n) is 8.09. The second-order valence-corrected chi connectivity index (χ2v) is 13.3. The molecule has 0 spiro atoms. The lowest BCUT2D eigenvalue weighted by Crippen LogP contribution is -2.45. The molecule has 4 rings (SSSR count). The maximum Gasteiger partial charge on any atom is 0.409 e. The van der Waals surface area contributed by atoms with Gasteiger partial charge in [-0.15, -0.1) is 0 Å². The van der Waals surface area contributed by atoms with Crippen molar-refractivity contribution < 1.29 is 19.4 Å². The van der Waals surface area contributed by atoms with E-state index in [1.54, 1.807) is 23.1 Å². The number of hydrogen-bond acceptors (Lipinski definition) is 4. The smallest absolute Gasteiger partial charge is 0.409 e. The van der Waals surface area contributed by atoms with Gasteiger partial charge in [0.2, 0.25) is 0 Å². The Morgan fingerprint density at radius 3 is 2.42 bits per heavy atom. The average molecular weight is 528 g/mol. The first-order valence-electron chi connectivity index (χ1n) is 15.8. The van der Waals surface area contributed by atoms with Crippen LogP contribution in [-0.4, -0.2) is 47.7 Å². The van der Waals surface area contributed by atoms with E-state index in [1.165, 1.54) is 63.4 Å². The number of fused-ring (bicyclic) bond motifs is 4.